The van der Waals surface area contributed by atoms with Crippen LogP contribution in [0.2, 0.25) is 0 Å². The molecule has 9 heteroatoms. The number of nitrogens with one attached hydrogen (secondary N) is 1. The highest BCUT2D eigenvalue weighted by Gasteiger charge is 2.26. The molecule has 0 aromatic carbocycles. The van der Waals surface area contributed by atoms with Gasteiger partial charge in [-0.05, 0) is 25.7 Å². The Kier molecular flexibility index (Phi) is 9.73. The quantitative estimate of drug-likeness (QED) is 0.309. The Morgan fingerprint density at radius 2 is 1.81 bits per heavy atom. The summed E-state index contributed by atoms with van der Waals surface area (Å²) in [5.41, 5.74) is -1.92. The Labute approximate surface area is 136 Å². The van der Waals surface area contributed by atoms with E-state index in [1.54, 1.807) is 0 Å². The normalized spacial score (nSPS) is 13.1. The van der Waals surface area contributed by atoms with E-state index in [4.69, 9.17) is 25.7 Å². The van der Waals surface area contributed by atoms with E-state index in [1.165, 1.54) is 18.4 Å². The van der Waals surface area contributed by atoms with Gasteiger partial charge in [0.1, 0.15) is 0 Å². The zero-order valence-corrected chi connectivity index (χ0v) is 16.0. The van der Waals surface area contributed by atoms with Crippen LogP contribution in [0.15, 0.2) is 5.16 Å². The van der Waals surface area contributed by atoms with Crippen LogP contribution >= 0.6 is 17.1 Å². The number of hydrogen-bond acceptors (Lipinski definition) is 7. The van der Waals surface area contributed by atoms with Gasteiger partial charge in [-0.25, -0.2) is 4.79 Å². The molecule has 1 amide bonds. The van der Waals surface area contributed by atoms with Gasteiger partial charge < -0.3 is 14.4 Å². The van der Waals surface area contributed by atoms with Crippen LogP contribution in [0, 0.1) is 5.41 Å². The summed E-state index contributed by atoms with van der Waals surface area (Å²) in [4.78, 5) is 15.9. The molecule has 0 aromatic rings. The van der Waals surface area contributed by atoms with E-state index in [-0.39, 0.29) is 5.41 Å². The SMILES string of the molecule is CCOP(=S)(OCC)SC/C(=N/OC(=O)NC)C(C)(C)C. The first-order chi connectivity index (χ1) is 9.68. The van der Waals surface area contributed by atoms with Crippen molar-refractivity contribution in [3.8, 4) is 0 Å². The van der Waals surface area contributed by atoms with E-state index in [1.807, 2.05) is 34.6 Å². The van der Waals surface area contributed by atoms with E-state index in [2.05, 4.69) is 10.5 Å². The van der Waals surface area contributed by atoms with Crippen molar-refractivity contribution in [3.05, 3.63) is 0 Å². The molecule has 0 aliphatic carbocycles. The lowest BCUT2D eigenvalue weighted by Gasteiger charge is -2.24. The maximum atomic E-state index is 11.1. The van der Waals surface area contributed by atoms with Gasteiger partial charge in [0.05, 0.1) is 18.9 Å². The Balaban J connectivity index is 4.90. The van der Waals surface area contributed by atoms with E-state index in [0.29, 0.717) is 24.7 Å². The van der Waals surface area contributed by atoms with Crippen molar-refractivity contribution in [3.63, 3.8) is 0 Å². The fourth-order valence-electron chi connectivity index (χ4n) is 1.09. The molecule has 6 nitrogen and oxygen atoms in total. The summed E-state index contributed by atoms with van der Waals surface area (Å²) in [7, 11) is 1.48. The highest BCUT2D eigenvalue weighted by Crippen LogP contribution is 2.61. The number of rotatable bonds is 8. The minimum atomic E-state index is -2.38. The third kappa shape index (κ3) is 8.78. The molecule has 1 N–H and O–H groups in total. The molecule has 0 saturated heterocycles. The molecular formula is C12H25N2O4PS2. The highest BCUT2D eigenvalue weighted by molar-refractivity contribution is 8.68. The average molecular weight is 356 g/mol. The van der Waals surface area contributed by atoms with Crippen LogP contribution in [0.25, 0.3) is 0 Å². The maximum Gasteiger partial charge on any atom is 0.433 e. The van der Waals surface area contributed by atoms with Gasteiger partial charge in [-0.1, -0.05) is 37.3 Å². The Morgan fingerprint density at radius 1 is 1.29 bits per heavy atom. The molecule has 0 saturated carbocycles. The van der Waals surface area contributed by atoms with Gasteiger partial charge in [-0.15, -0.1) is 0 Å². The molecule has 0 radical (unpaired) electrons. The summed E-state index contributed by atoms with van der Waals surface area (Å²) in [6, 6.07) is 0. The van der Waals surface area contributed by atoms with Gasteiger partial charge in [0.15, 0.2) is 0 Å². The Hall–Kier alpha value is -0.140. The van der Waals surface area contributed by atoms with E-state index >= 15 is 0 Å². The van der Waals surface area contributed by atoms with Crippen molar-refractivity contribution < 1.29 is 18.7 Å². The number of hydrogen-bond donors (Lipinski definition) is 1. The number of amides is 1. The number of carbonyl (C=O) groups excluding carboxylic acids is 1. The largest absolute Gasteiger partial charge is 0.433 e. The van der Waals surface area contributed by atoms with Crippen molar-refractivity contribution in [1.29, 1.82) is 0 Å². The van der Waals surface area contributed by atoms with Crippen LogP contribution in [-0.4, -0.2) is 37.8 Å². The van der Waals surface area contributed by atoms with Gasteiger partial charge in [0, 0.05) is 18.2 Å². The summed E-state index contributed by atoms with van der Waals surface area (Å²) in [5, 5.41) is 6.28. The van der Waals surface area contributed by atoms with E-state index in [9.17, 15) is 4.79 Å². The molecule has 0 bridgehead atoms. The Morgan fingerprint density at radius 3 is 2.19 bits per heavy atom. The molecule has 0 rings (SSSR count). The first kappa shape index (κ1) is 20.9. The highest BCUT2D eigenvalue weighted by atomic mass is 32.9. The molecule has 0 aromatic heterocycles. The predicted octanol–water partition coefficient (Wildman–Crippen LogP) is 3.78. The van der Waals surface area contributed by atoms with Crippen LogP contribution in [0.4, 0.5) is 4.79 Å². The topological polar surface area (TPSA) is 69.1 Å². The lowest BCUT2D eigenvalue weighted by Crippen LogP contribution is -2.25. The molecule has 124 valence electrons. The number of oxime groups is 1. The van der Waals surface area contributed by atoms with Crippen LogP contribution in [-0.2, 0) is 25.7 Å². The zero-order valence-electron chi connectivity index (χ0n) is 13.5. The van der Waals surface area contributed by atoms with Gasteiger partial charge in [-0.3, -0.25) is 4.84 Å². The molecule has 0 unspecified atom stereocenters. The van der Waals surface area contributed by atoms with Gasteiger partial charge in [-0.2, -0.15) is 0 Å². The fourth-order valence-corrected chi connectivity index (χ4v) is 5.74. The molecule has 0 aliphatic rings. The summed E-state index contributed by atoms with van der Waals surface area (Å²) in [6.07, 6.45) is -0.601. The van der Waals surface area contributed by atoms with E-state index in [0.717, 1.165) is 0 Å². The summed E-state index contributed by atoms with van der Waals surface area (Å²) in [5.74, 6) is 0.484. The zero-order chi connectivity index (χ0) is 16.5. The fraction of sp³-hybridized carbons (Fsp3) is 0.833. The lowest BCUT2D eigenvalue weighted by molar-refractivity contribution is 0.152. The molecule has 0 atom stereocenters. The van der Waals surface area contributed by atoms with Crippen molar-refractivity contribution in [2.45, 2.75) is 34.6 Å². The first-order valence-electron chi connectivity index (χ1n) is 6.68. The third-order valence-electron chi connectivity index (χ3n) is 2.24. The molecule has 0 fully saturated rings. The second kappa shape index (κ2) is 9.79. The molecule has 0 aliphatic heterocycles. The summed E-state index contributed by atoms with van der Waals surface area (Å²) < 4.78 is 11.1. The number of nitrogens with zero attached hydrogens (tertiary/aromatic N) is 1. The monoisotopic (exact) mass is 356 g/mol. The standard InChI is InChI=1S/C12H25N2O4PS2/c1-7-16-19(20,17-8-2)21-9-10(12(3,4)5)14-18-11(15)13-6/h7-9H2,1-6H3,(H,13,15)/b14-10-. The van der Waals surface area contributed by atoms with Crippen molar-refractivity contribution >= 4 is 40.7 Å². The van der Waals surface area contributed by atoms with Crippen LogP contribution in [0.3, 0.4) is 0 Å². The summed E-state index contributed by atoms with van der Waals surface area (Å²) >= 11 is 6.86. The minimum Gasteiger partial charge on any atom is -0.323 e. The maximum absolute atomic E-state index is 11.1. The molecule has 21 heavy (non-hydrogen) atoms. The summed E-state index contributed by atoms with van der Waals surface area (Å²) in [6.45, 7) is 10.7. The lowest BCUT2D eigenvalue weighted by atomic mass is 9.91. The average Bonchev–Trinajstić information content (AvgIpc) is 2.37. The van der Waals surface area contributed by atoms with Crippen molar-refractivity contribution in [2.75, 3.05) is 26.0 Å². The first-order valence-corrected chi connectivity index (χ1v) is 10.9. The van der Waals surface area contributed by atoms with Crippen LogP contribution in [0.5, 0.6) is 0 Å². The molecular weight excluding hydrogens is 331 g/mol. The minimum absolute atomic E-state index is 0.250. The van der Waals surface area contributed by atoms with E-state index < -0.39 is 11.8 Å². The Bertz CT molecular complexity index is 401. The second-order valence-electron chi connectivity index (χ2n) is 4.97. The second-order valence-corrected chi connectivity index (χ2v) is 11.3. The molecule has 0 heterocycles. The van der Waals surface area contributed by atoms with Gasteiger partial charge in [0.25, 0.3) is 0 Å². The van der Waals surface area contributed by atoms with Crippen molar-refractivity contribution in [2.24, 2.45) is 10.6 Å². The molecule has 0 spiro atoms. The third-order valence-corrected chi connectivity index (χ3v) is 7.66. The van der Waals surface area contributed by atoms with Gasteiger partial charge in [0.2, 0.25) is 5.69 Å². The van der Waals surface area contributed by atoms with Crippen LogP contribution in [0.1, 0.15) is 34.6 Å². The smallest absolute Gasteiger partial charge is 0.323 e. The van der Waals surface area contributed by atoms with Crippen LogP contribution < -0.4 is 5.32 Å². The van der Waals surface area contributed by atoms with Gasteiger partial charge >= 0.3 is 6.09 Å². The number of carbonyl (C=O) groups is 1. The van der Waals surface area contributed by atoms with Crippen molar-refractivity contribution in [1.82, 2.24) is 5.32 Å². The predicted molar refractivity (Wildman–Crippen MR) is 92.4 cm³/mol.